The summed E-state index contributed by atoms with van der Waals surface area (Å²) in [6.07, 6.45) is 13.2. The Hall–Kier alpha value is -14.7. The quantitative estimate of drug-likeness (QED) is 0.141. The molecule has 0 spiro atoms. The second kappa shape index (κ2) is 50.5. The van der Waals surface area contributed by atoms with Gasteiger partial charge < -0.3 is 24.9 Å². The van der Waals surface area contributed by atoms with Crippen molar-refractivity contribution in [3.8, 4) is 90.0 Å². The van der Waals surface area contributed by atoms with E-state index in [9.17, 15) is 4.39 Å². The molecule has 0 aliphatic heterocycles. The van der Waals surface area contributed by atoms with Gasteiger partial charge in [0, 0.05) is 187 Å². The van der Waals surface area contributed by atoms with E-state index in [1.165, 1.54) is 116 Å². The van der Waals surface area contributed by atoms with E-state index in [0.717, 1.165) is 95.2 Å². The van der Waals surface area contributed by atoms with Crippen molar-refractivity contribution in [3.63, 3.8) is 0 Å². The zero-order chi connectivity index (χ0) is 95.5. The molecule has 8 aromatic heterocycles. The molecular weight excluding hydrogens is 2670 g/mol. The summed E-state index contributed by atoms with van der Waals surface area (Å²) in [5.74, 6) is -0.283. The van der Waals surface area contributed by atoms with Gasteiger partial charge in [-0.05, 0) is 131 Å². The van der Waals surface area contributed by atoms with Gasteiger partial charge in [-0.1, -0.05) is 250 Å². The van der Waals surface area contributed by atoms with Crippen molar-refractivity contribution < 1.29 is 105 Å². The number of hydrogen-bond donors (Lipinski definition) is 0. The molecule has 0 N–H and O–H groups in total. The van der Waals surface area contributed by atoms with Crippen LogP contribution in [0.5, 0.6) is 0 Å². The summed E-state index contributed by atoms with van der Waals surface area (Å²) in [5.41, 5.74) is 27.8. The van der Waals surface area contributed by atoms with Crippen LogP contribution in [0, 0.1) is 68.2 Å². The molecule has 25 aromatic rings. The van der Waals surface area contributed by atoms with Gasteiger partial charge in [-0.2, -0.15) is 21.3 Å². The van der Waals surface area contributed by atoms with Crippen LogP contribution >= 0.6 is 0 Å². The maximum absolute atomic E-state index is 12.9. The van der Waals surface area contributed by atoms with E-state index < -0.39 is 0 Å². The Morgan fingerprint density at radius 3 is 1.15 bits per heavy atom. The molecule has 26 rings (SSSR count). The van der Waals surface area contributed by atoms with Crippen LogP contribution in [0.3, 0.4) is 0 Å². The summed E-state index contributed by atoms with van der Waals surface area (Å²) in [6.45, 7) is 8.95. The number of fused-ring (bicyclic) bond motifs is 11. The van der Waals surface area contributed by atoms with E-state index in [4.69, 9.17) is 4.98 Å². The van der Waals surface area contributed by atoms with Crippen LogP contribution < -0.4 is 0 Å². The normalized spacial score (nSPS) is 10.9. The van der Waals surface area contributed by atoms with Crippen molar-refractivity contribution in [2.75, 3.05) is 0 Å². The van der Waals surface area contributed by atoms with Crippen LogP contribution in [-0.4, -0.2) is 48.2 Å². The summed E-state index contributed by atoms with van der Waals surface area (Å²) in [4.78, 5) is 26.3. The van der Waals surface area contributed by atoms with E-state index >= 15 is 0 Å². The van der Waals surface area contributed by atoms with Crippen LogP contribution in [0.4, 0.5) is 4.39 Å². The number of rotatable bonds is 8. The van der Waals surface area contributed by atoms with Crippen molar-refractivity contribution in [2.45, 2.75) is 33.1 Å². The Morgan fingerprint density at radius 1 is 0.269 bits per heavy atom. The fourth-order valence-electron chi connectivity index (χ4n) is 17.8. The molecule has 10 nitrogen and oxygen atoms in total. The minimum atomic E-state index is -0.283. The number of benzene rings is 17. The molecule has 16 heteroatoms. The molecule has 0 amide bonds. The van der Waals surface area contributed by atoms with E-state index in [-0.39, 0.29) is 112 Å². The van der Waals surface area contributed by atoms with Crippen LogP contribution in [0.2, 0.25) is 0 Å². The van der Waals surface area contributed by atoms with Crippen molar-refractivity contribution in [2.24, 2.45) is 14.1 Å². The number of halogens is 1. The fraction of sp³-hybridized carbons (Fsp3) is 0.0543. The maximum Gasteiger partial charge on any atom is 0.189 e. The monoisotopic (exact) mass is 2770 g/mol. The van der Waals surface area contributed by atoms with E-state index in [1.807, 2.05) is 219 Å². The van der Waals surface area contributed by atoms with Crippen LogP contribution in [0.1, 0.15) is 36.1 Å². The van der Waals surface area contributed by atoms with Crippen LogP contribution in [-0.2, 0) is 120 Å². The number of aryl methyl sites for hydroxylation is 4. The smallest absolute Gasteiger partial charge is 0.189 e. The molecule has 0 fully saturated rings. The minimum absolute atomic E-state index is 0. The maximum atomic E-state index is 12.9. The van der Waals surface area contributed by atoms with Crippen molar-refractivity contribution in [1.82, 2.24) is 48.2 Å². The van der Waals surface area contributed by atoms with Gasteiger partial charge in [0.05, 0.1) is 5.52 Å². The summed E-state index contributed by atoms with van der Waals surface area (Å²) in [6, 6.07) is 168. The average molecular weight is 2770 g/mol. The molecule has 1 aliphatic rings. The Morgan fingerprint density at radius 2 is 0.669 bits per heavy atom. The molecule has 1 aliphatic carbocycles. The SMILES string of the molecule is CC1(C)c2ccccc2-c2c[c-]c(-c3ccc4ccccc4n3)cc21.Cc1c(-n2[cH+]n(C)c3cc4ccccc4cc32)[c-]cc2ccccc12.Cc1c(-n2[cH+]n(C)c3ccccc32)[c-]cc2ccccc12.Fc1c[c-]c(-c2nccc3ccccc23)cc1.[Ir].[Ir].[Ir].[Ir].[Ir].[c-]1ccccc1-c1ccccn1.[c-]1ccccc1-c1ccccn1.[c-]1ccccc1-c1ccccn1.[c-]1ccccc1-c1nccc2ccccc12. The first kappa shape index (κ1) is 106. The standard InChI is InChI=1S/C24H18N.C23H18N2.C19H16N2.C15H9FN.C15H10N.3C11H8N.5Ir/c1-24(2)20-9-5-4-8-18(20)19-13-11-17(15-21(19)24)23-14-12-16-7-3-6-10-22(16)25-23;1-16-20-10-6-5-7-17(20)11-12-21(16)25-15-24(2)22-13-18-8-3-4-9-19(18)14-23(22)25;1-14-16-8-4-3-7-15(16)11-12-17(14)21-13-20(2)18-9-5-6-10-19(18)21;16-13-7-5-12(6-8-13)15-14-4-2-1-3-11(14)9-10-17-15;1-2-7-13(8-3-1)15-14-9-5-4-6-12(14)10-11-16-15;3*1-2-6-10(7-3-1)11-8-4-5-9-12-11;;;;;/h3-10,12-15H,1-2H3;3-11,13-15H,1-2H3;3-11,13H,1-2H3;1-5,7-10H;1-7,9-11H;3*1-6,8-9H;;;;;/q-1;;;5*-1;;;;;. The van der Waals surface area contributed by atoms with Gasteiger partial charge in [-0.15, -0.1) is 249 Å². The molecule has 0 saturated carbocycles. The summed E-state index contributed by atoms with van der Waals surface area (Å²) in [7, 11) is 4.18. The first-order chi connectivity index (χ1) is 68.8. The largest absolute Gasteiger partial charge is 0.305 e. The Kier molecular flexibility index (Phi) is 37.0. The molecule has 8 heterocycles. The van der Waals surface area contributed by atoms with Crippen molar-refractivity contribution in [3.05, 3.63) is 545 Å². The van der Waals surface area contributed by atoms with Gasteiger partial charge in [0.1, 0.15) is 0 Å². The number of aromatic nitrogens is 10. The van der Waals surface area contributed by atoms with Crippen molar-refractivity contribution in [1.29, 1.82) is 0 Å². The third-order valence-electron chi connectivity index (χ3n) is 24.9. The van der Waals surface area contributed by atoms with Gasteiger partial charge in [0.2, 0.25) is 0 Å². The molecule has 719 valence electrons. The van der Waals surface area contributed by atoms with Crippen molar-refractivity contribution >= 4 is 86.8 Å². The van der Waals surface area contributed by atoms with Gasteiger partial charge in [-0.25, -0.2) is 9.13 Å². The Bertz CT molecular complexity index is 8290. The fourth-order valence-corrected chi connectivity index (χ4v) is 17.8. The molecule has 5 radical (unpaired) electrons. The molecule has 0 saturated heterocycles. The third kappa shape index (κ3) is 24.7. The first-order valence-electron chi connectivity index (χ1n) is 46.5. The molecule has 0 bridgehead atoms. The summed E-state index contributed by atoms with van der Waals surface area (Å²) >= 11 is 0. The van der Waals surface area contributed by atoms with Gasteiger partial charge in [-0.3, -0.25) is 9.37 Å². The second-order valence-electron chi connectivity index (χ2n) is 34.2. The topological polar surface area (TPSA) is 97.1 Å². The first-order valence-corrected chi connectivity index (χ1v) is 46.5. The summed E-state index contributed by atoms with van der Waals surface area (Å²) < 4.78 is 21.7. The van der Waals surface area contributed by atoms with Crippen LogP contribution in [0.25, 0.3) is 177 Å². The molecule has 0 atom stereocenters. The number of para-hydroxylation sites is 3. The minimum Gasteiger partial charge on any atom is -0.305 e. The van der Waals surface area contributed by atoms with Gasteiger partial charge in [0.25, 0.3) is 0 Å². The van der Waals surface area contributed by atoms with Crippen LogP contribution in [0.15, 0.2) is 468 Å². The Labute approximate surface area is 913 Å². The predicted molar refractivity (Wildman–Crippen MR) is 574 cm³/mol. The molecule has 145 heavy (non-hydrogen) atoms. The average Bonchev–Trinajstić information content (AvgIpc) is 1.58. The molecule has 17 aromatic carbocycles. The molecule has 0 unspecified atom stereocenters. The number of nitrogens with zero attached hydrogens (tertiary/aromatic N) is 10. The number of pyridine rings is 6. The summed E-state index contributed by atoms with van der Waals surface area (Å²) in [5, 5.41) is 13.3. The van der Waals surface area contributed by atoms with E-state index in [2.05, 4.69) is 340 Å². The van der Waals surface area contributed by atoms with E-state index in [0.29, 0.717) is 0 Å². The zero-order valence-electron chi connectivity index (χ0n) is 80.0. The molecular formula is C129H95FIr5N10-6. The third-order valence-corrected chi connectivity index (χ3v) is 24.9. The predicted octanol–water partition coefficient (Wildman–Crippen LogP) is 31.4. The number of hydrogen-bond acceptors (Lipinski definition) is 6. The Balaban J connectivity index is 0.000000133. The second-order valence-corrected chi connectivity index (χ2v) is 34.2. The zero-order valence-corrected chi connectivity index (χ0v) is 91.9. The van der Waals surface area contributed by atoms with E-state index in [1.54, 1.807) is 30.9 Å². The number of imidazole rings is 2. The van der Waals surface area contributed by atoms with Gasteiger partial charge in [0.15, 0.2) is 34.7 Å². The van der Waals surface area contributed by atoms with Gasteiger partial charge >= 0.3 is 0 Å².